The summed E-state index contributed by atoms with van der Waals surface area (Å²) in [5.41, 5.74) is 0. The van der Waals surface area contributed by atoms with Gasteiger partial charge in [-0.2, -0.15) is 9.97 Å². The lowest BCUT2D eigenvalue weighted by molar-refractivity contribution is 0.322. The first-order valence-corrected chi connectivity index (χ1v) is 6.85. The fourth-order valence-electron chi connectivity index (χ4n) is 2.56. The molecule has 2 rings (SSSR count). The average molecular weight is 266 g/mol. The number of hydrogen-bond acceptors (Lipinski definition) is 6. The summed E-state index contributed by atoms with van der Waals surface area (Å²) in [7, 11) is 3.07. The third-order valence-corrected chi connectivity index (χ3v) is 3.65. The number of rotatable bonds is 5. The van der Waals surface area contributed by atoms with Crippen molar-refractivity contribution in [2.24, 2.45) is 5.92 Å². The van der Waals surface area contributed by atoms with E-state index in [1.807, 2.05) is 0 Å². The van der Waals surface area contributed by atoms with Crippen molar-refractivity contribution in [1.29, 1.82) is 0 Å². The highest BCUT2D eigenvalue weighted by Gasteiger charge is 2.21. The van der Waals surface area contributed by atoms with Crippen LogP contribution in [0.3, 0.4) is 0 Å². The van der Waals surface area contributed by atoms with Crippen molar-refractivity contribution < 1.29 is 9.47 Å². The predicted molar refractivity (Wildman–Crippen MR) is 72.6 cm³/mol. The number of anilines is 1. The van der Waals surface area contributed by atoms with E-state index in [4.69, 9.17) is 9.47 Å². The van der Waals surface area contributed by atoms with Crippen molar-refractivity contribution in [3.05, 3.63) is 0 Å². The standard InChI is InChI=1S/C13H22N4O2/c1-4-9-6-5-7-10(8-9)14-11-15-12(18-2)17-13(16-11)19-3/h9-10H,4-8H2,1-3H3,(H,14,15,16,17). The van der Waals surface area contributed by atoms with Gasteiger partial charge in [-0.25, -0.2) is 0 Å². The van der Waals surface area contributed by atoms with Crippen molar-refractivity contribution in [2.45, 2.75) is 45.1 Å². The van der Waals surface area contributed by atoms with E-state index in [0.29, 0.717) is 12.0 Å². The third-order valence-electron chi connectivity index (χ3n) is 3.65. The number of ether oxygens (including phenoxy) is 2. The van der Waals surface area contributed by atoms with Crippen LogP contribution in [0.4, 0.5) is 5.95 Å². The van der Waals surface area contributed by atoms with Gasteiger partial charge in [0.15, 0.2) is 0 Å². The molecule has 2 atom stereocenters. The Hall–Kier alpha value is -1.59. The Bertz CT molecular complexity index is 391. The highest BCUT2D eigenvalue weighted by Crippen LogP contribution is 2.28. The summed E-state index contributed by atoms with van der Waals surface area (Å²) in [4.78, 5) is 12.4. The zero-order valence-electron chi connectivity index (χ0n) is 11.8. The molecule has 1 heterocycles. The minimum Gasteiger partial charge on any atom is -0.467 e. The molecule has 1 N–H and O–H groups in total. The number of hydrogen-bond donors (Lipinski definition) is 1. The third kappa shape index (κ3) is 3.68. The van der Waals surface area contributed by atoms with Gasteiger partial charge in [-0.05, 0) is 18.8 Å². The second-order valence-electron chi connectivity index (χ2n) is 4.91. The number of aromatic nitrogens is 3. The van der Waals surface area contributed by atoms with Crippen molar-refractivity contribution in [3.8, 4) is 12.0 Å². The molecule has 0 amide bonds. The maximum absolute atomic E-state index is 5.05. The Morgan fingerprint density at radius 3 is 2.37 bits per heavy atom. The summed E-state index contributed by atoms with van der Waals surface area (Å²) < 4.78 is 10.1. The summed E-state index contributed by atoms with van der Waals surface area (Å²) in [6.45, 7) is 2.25. The molecule has 1 aliphatic rings. The first kappa shape index (κ1) is 13.8. The molecule has 0 aliphatic heterocycles. The summed E-state index contributed by atoms with van der Waals surface area (Å²) in [6.07, 6.45) is 6.16. The summed E-state index contributed by atoms with van der Waals surface area (Å²) >= 11 is 0. The molecule has 1 saturated carbocycles. The van der Waals surface area contributed by atoms with Crippen LogP contribution in [0.5, 0.6) is 12.0 Å². The monoisotopic (exact) mass is 266 g/mol. The molecule has 1 aromatic heterocycles. The molecular formula is C13H22N4O2. The zero-order valence-corrected chi connectivity index (χ0v) is 11.8. The van der Waals surface area contributed by atoms with Crippen LogP contribution in [0.1, 0.15) is 39.0 Å². The Morgan fingerprint density at radius 2 is 1.79 bits per heavy atom. The van der Waals surface area contributed by atoms with Crippen LogP contribution in [0.25, 0.3) is 0 Å². The molecular weight excluding hydrogens is 244 g/mol. The summed E-state index contributed by atoms with van der Waals surface area (Å²) in [5.74, 6) is 1.34. The molecule has 106 valence electrons. The molecule has 0 spiro atoms. The number of nitrogens with zero attached hydrogens (tertiary/aromatic N) is 3. The molecule has 1 fully saturated rings. The van der Waals surface area contributed by atoms with Gasteiger partial charge in [0, 0.05) is 6.04 Å². The highest BCUT2D eigenvalue weighted by atomic mass is 16.5. The van der Waals surface area contributed by atoms with E-state index in [9.17, 15) is 0 Å². The molecule has 1 aromatic rings. The fourth-order valence-corrected chi connectivity index (χ4v) is 2.56. The van der Waals surface area contributed by atoms with Gasteiger partial charge >= 0.3 is 12.0 Å². The van der Waals surface area contributed by atoms with Crippen LogP contribution in [0.2, 0.25) is 0 Å². The van der Waals surface area contributed by atoms with Crippen molar-refractivity contribution in [2.75, 3.05) is 19.5 Å². The number of nitrogens with one attached hydrogen (secondary N) is 1. The predicted octanol–water partition coefficient (Wildman–Crippen LogP) is 2.27. The maximum atomic E-state index is 5.05. The lowest BCUT2D eigenvalue weighted by Crippen LogP contribution is -2.28. The molecule has 1 aliphatic carbocycles. The quantitative estimate of drug-likeness (QED) is 0.881. The van der Waals surface area contributed by atoms with Gasteiger partial charge in [-0.1, -0.05) is 26.2 Å². The molecule has 0 radical (unpaired) electrons. The molecule has 2 unspecified atom stereocenters. The lowest BCUT2D eigenvalue weighted by atomic mass is 9.84. The molecule has 6 nitrogen and oxygen atoms in total. The van der Waals surface area contributed by atoms with Gasteiger partial charge in [0.25, 0.3) is 0 Å². The van der Waals surface area contributed by atoms with Gasteiger partial charge in [-0.15, -0.1) is 4.98 Å². The van der Waals surface area contributed by atoms with Crippen molar-refractivity contribution in [3.63, 3.8) is 0 Å². The lowest BCUT2D eigenvalue weighted by Gasteiger charge is -2.29. The van der Waals surface area contributed by atoms with E-state index in [0.717, 1.165) is 12.3 Å². The van der Waals surface area contributed by atoms with Crippen LogP contribution in [0.15, 0.2) is 0 Å². The van der Waals surface area contributed by atoms with E-state index in [1.54, 1.807) is 0 Å². The zero-order chi connectivity index (χ0) is 13.7. The van der Waals surface area contributed by atoms with Crippen LogP contribution in [-0.4, -0.2) is 35.2 Å². The van der Waals surface area contributed by atoms with E-state index < -0.39 is 0 Å². The van der Waals surface area contributed by atoms with Gasteiger partial charge < -0.3 is 14.8 Å². The van der Waals surface area contributed by atoms with Crippen molar-refractivity contribution in [1.82, 2.24) is 15.0 Å². The van der Waals surface area contributed by atoms with Gasteiger partial charge in [0.2, 0.25) is 5.95 Å². The smallest absolute Gasteiger partial charge is 0.324 e. The van der Waals surface area contributed by atoms with Gasteiger partial charge in [-0.3, -0.25) is 0 Å². The molecule has 19 heavy (non-hydrogen) atoms. The van der Waals surface area contributed by atoms with E-state index >= 15 is 0 Å². The van der Waals surface area contributed by atoms with E-state index in [1.165, 1.54) is 39.9 Å². The molecule has 6 heteroatoms. The Labute approximate surface area is 114 Å². The van der Waals surface area contributed by atoms with E-state index in [-0.39, 0.29) is 12.0 Å². The topological polar surface area (TPSA) is 69.2 Å². The Balaban J connectivity index is 2.05. The minimum atomic E-state index is 0.275. The molecule has 0 saturated heterocycles. The normalized spacial score (nSPS) is 22.9. The second-order valence-corrected chi connectivity index (χ2v) is 4.91. The molecule has 0 bridgehead atoms. The van der Waals surface area contributed by atoms with E-state index in [2.05, 4.69) is 27.2 Å². The largest absolute Gasteiger partial charge is 0.467 e. The number of methoxy groups -OCH3 is 2. The summed E-state index contributed by atoms with van der Waals surface area (Å²) in [6, 6.07) is 0.977. The van der Waals surface area contributed by atoms with Crippen LogP contribution >= 0.6 is 0 Å². The summed E-state index contributed by atoms with van der Waals surface area (Å²) in [5, 5.41) is 3.37. The molecule has 0 aromatic carbocycles. The Kier molecular flexibility index (Phi) is 4.76. The SMILES string of the molecule is CCC1CCCC(Nc2nc(OC)nc(OC)n2)C1. The Morgan fingerprint density at radius 1 is 1.11 bits per heavy atom. The minimum absolute atomic E-state index is 0.275. The van der Waals surface area contributed by atoms with Crippen LogP contribution in [0, 0.1) is 5.92 Å². The van der Waals surface area contributed by atoms with Gasteiger partial charge in [0.05, 0.1) is 14.2 Å². The fraction of sp³-hybridized carbons (Fsp3) is 0.769. The van der Waals surface area contributed by atoms with Crippen LogP contribution < -0.4 is 14.8 Å². The first-order valence-electron chi connectivity index (χ1n) is 6.85. The second kappa shape index (κ2) is 6.54. The van der Waals surface area contributed by atoms with Crippen molar-refractivity contribution >= 4 is 5.95 Å². The van der Waals surface area contributed by atoms with Gasteiger partial charge in [0.1, 0.15) is 0 Å². The maximum Gasteiger partial charge on any atom is 0.324 e. The highest BCUT2D eigenvalue weighted by molar-refractivity contribution is 5.29. The van der Waals surface area contributed by atoms with Crippen LogP contribution in [-0.2, 0) is 0 Å². The first-order chi connectivity index (χ1) is 9.25. The average Bonchev–Trinajstić information content (AvgIpc) is 2.47.